The van der Waals surface area contributed by atoms with Crippen LogP contribution in [-0.4, -0.2) is 24.3 Å². The summed E-state index contributed by atoms with van der Waals surface area (Å²) in [5.74, 6) is 0.170. The van der Waals surface area contributed by atoms with Gasteiger partial charge in [0.2, 0.25) is 0 Å². The van der Waals surface area contributed by atoms with Gasteiger partial charge in [-0.05, 0) is 32.5 Å². The van der Waals surface area contributed by atoms with Crippen LogP contribution in [-0.2, 0) is 6.54 Å². The molecule has 0 aliphatic carbocycles. The number of benzene rings is 2. The van der Waals surface area contributed by atoms with Gasteiger partial charge in [-0.1, -0.05) is 53.6 Å². The second-order valence-electron chi connectivity index (χ2n) is 5.45. The molecular formula is C18H21NO. The van der Waals surface area contributed by atoms with Crippen molar-refractivity contribution in [3.05, 3.63) is 70.8 Å². The highest BCUT2D eigenvalue weighted by Crippen LogP contribution is 2.08. The van der Waals surface area contributed by atoms with Gasteiger partial charge in [0.05, 0.1) is 6.54 Å². The normalized spacial score (nSPS) is 10.8. The van der Waals surface area contributed by atoms with Crippen LogP contribution in [0.1, 0.15) is 27.0 Å². The molecule has 0 bridgehead atoms. The Morgan fingerprint density at radius 2 is 1.70 bits per heavy atom. The fraction of sp³-hybridized carbons (Fsp3) is 0.278. The molecule has 0 radical (unpaired) electrons. The maximum Gasteiger partial charge on any atom is 0.176 e. The first kappa shape index (κ1) is 14.5. The van der Waals surface area contributed by atoms with Gasteiger partial charge in [-0.25, -0.2) is 0 Å². The molecule has 20 heavy (non-hydrogen) atoms. The first-order valence-electron chi connectivity index (χ1n) is 6.88. The third-order valence-electron chi connectivity index (χ3n) is 3.33. The van der Waals surface area contributed by atoms with Gasteiger partial charge in [0, 0.05) is 12.1 Å². The van der Waals surface area contributed by atoms with Crippen LogP contribution >= 0.6 is 0 Å². The Bertz CT molecular complexity index is 587. The largest absolute Gasteiger partial charge is 0.295 e. The maximum atomic E-state index is 12.2. The number of likely N-dealkylation sites (N-methyl/N-ethyl adjacent to an activating group) is 1. The lowest BCUT2D eigenvalue weighted by Gasteiger charge is -2.16. The standard InChI is InChI=1S/C18H21NO/c1-14-7-9-16(10-8-14)12-19(3)13-18(20)17-6-4-5-15(2)11-17/h4-11H,12-13H2,1-3H3. The van der Waals surface area contributed by atoms with E-state index in [2.05, 4.69) is 36.1 Å². The average Bonchev–Trinajstić information content (AvgIpc) is 2.41. The summed E-state index contributed by atoms with van der Waals surface area (Å²) in [5.41, 5.74) is 4.40. The van der Waals surface area contributed by atoms with E-state index in [0.717, 1.165) is 17.7 Å². The number of ketones is 1. The predicted octanol–water partition coefficient (Wildman–Crippen LogP) is 3.62. The summed E-state index contributed by atoms with van der Waals surface area (Å²) in [7, 11) is 1.98. The molecule has 0 heterocycles. The Labute approximate surface area is 121 Å². The second kappa shape index (κ2) is 6.49. The molecule has 2 aromatic rings. The second-order valence-corrected chi connectivity index (χ2v) is 5.45. The van der Waals surface area contributed by atoms with E-state index >= 15 is 0 Å². The van der Waals surface area contributed by atoms with Gasteiger partial charge in [-0.3, -0.25) is 9.69 Å². The van der Waals surface area contributed by atoms with Crippen molar-refractivity contribution >= 4 is 5.78 Å². The van der Waals surface area contributed by atoms with E-state index in [0.29, 0.717) is 6.54 Å². The van der Waals surface area contributed by atoms with Crippen molar-refractivity contribution in [2.45, 2.75) is 20.4 Å². The minimum absolute atomic E-state index is 0.170. The number of hydrogen-bond donors (Lipinski definition) is 0. The van der Waals surface area contributed by atoms with Crippen LogP contribution in [0.2, 0.25) is 0 Å². The van der Waals surface area contributed by atoms with Gasteiger partial charge >= 0.3 is 0 Å². The van der Waals surface area contributed by atoms with Gasteiger partial charge in [-0.15, -0.1) is 0 Å². The molecule has 0 N–H and O–H groups in total. The lowest BCUT2D eigenvalue weighted by molar-refractivity contribution is 0.0943. The zero-order valence-electron chi connectivity index (χ0n) is 12.4. The monoisotopic (exact) mass is 267 g/mol. The fourth-order valence-electron chi connectivity index (χ4n) is 2.22. The molecule has 2 rings (SSSR count). The van der Waals surface area contributed by atoms with Gasteiger partial charge in [0.1, 0.15) is 0 Å². The van der Waals surface area contributed by atoms with Crippen molar-refractivity contribution in [2.75, 3.05) is 13.6 Å². The number of nitrogens with zero attached hydrogens (tertiary/aromatic N) is 1. The van der Waals surface area contributed by atoms with Crippen LogP contribution in [0.4, 0.5) is 0 Å². The molecular weight excluding hydrogens is 246 g/mol. The highest BCUT2D eigenvalue weighted by Gasteiger charge is 2.09. The van der Waals surface area contributed by atoms with Crippen molar-refractivity contribution in [1.82, 2.24) is 4.90 Å². The summed E-state index contributed by atoms with van der Waals surface area (Å²) in [4.78, 5) is 14.3. The van der Waals surface area contributed by atoms with Crippen LogP contribution in [0.15, 0.2) is 48.5 Å². The van der Waals surface area contributed by atoms with Gasteiger partial charge < -0.3 is 0 Å². The third-order valence-corrected chi connectivity index (χ3v) is 3.33. The number of hydrogen-bond acceptors (Lipinski definition) is 2. The first-order valence-corrected chi connectivity index (χ1v) is 6.88. The Morgan fingerprint density at radius 3 is 2.35 bits per heavy atom. The van der Waals surface area contributed by atoms with Crippen LogP contribution < -0.4 is 0 Å². The number of rotatable bonds is 5. The zero-order valence-corrected chi connectivity index (χ0v) is 12.4. The minimum Gasteiger partial charge on any atom is -0.295 e. The van der Waals surface area contributed by atoms with Crippen LogP contribution in [0.25, 0.3) is 0 Å². The Kier molecular flexibility index (Phi) is 4.70. The molecule has 0 saturated heterocycles. The SMILES string of the molecule is Cc1ccc(CN(C)CC(=O)c2cccc(C)c2)cc1. The Hall–Kier alpha value is -1.93. The minimum atomic E-state index is 0.170. The Morgan fingerprint density at radius 1 is 1.00 bits per heavy atom. The summed E-state index contributed by atoms with van der Waals surface area (Å²) in [6, 6.07) is 16.2. The fourth-order valence-corrected chi connectivity index (χ4v) is 2.22. The molecule has 104 valence electrons. The zero-order chi connectivity index (χ0) is 14.5. The summed E-state index contributed by atoms with van der Waals surface area (Å²) < 4.78 is 0. The summed E-state index contributed by atoms with van der Waals surface area (Å²) in [6.07, 6.45) is 0. The number of carbonyl (C=O) groups is 1. The van der Waals surface area contributed by atoms with Crippen molar-refractivity contribution in [1.29, 1.82) is 0 Å². The van der Waals surface area contributed by atoms with E-state index in [1.165, 1.54) is 11.1 Å². The van der Waals surface area contributed by atoms with E-state index in [1.807, 2.05) is 38.2 Å². The molecule has 2 aromatic carbocycles. The molecule has 0 saturated carbocycles. The van der Waals surface area contributed by atoms with Gasteiger partial charge in [0.25, 0.3) is 0 Å². The van der Waals surface area contributed by atoms with E-state index in [-0.39, 0.29) is 5.78 Å². The lowest BCUT2D eigenvalue weighted by atomic mass is 10.1. The number of Topliss-reactive ketones (excluding diaryl/α,β-unsaturated/α-hetero) is 1. The van der Waals surface area contributed by atoms with Crippen LogP contribution in [0.3, 0.4) is 0 Å². The maximum absolute atomic E-state index is 12.2. The summed E-state index contributed by atoms with van der Waals surface area (Å²) >= 11 is 0. The highest BCUT2D eigenvalue weighted by atomic mass is 16.1. The van der Waals surface area contributed by atoms with Crippen molar-refractivity contribution < 1.29 is 4.79 Å². The molecule has 0 fully saturated rings. The highest BCUT2D eigenvalue weighted by molar-refractivity contribution is 5.97. The molecule has 0 spiro atoms. The van der Waals surface area contributed by atoms with Crippen LogP contribution in [0.5, 0.6) is 0 Å². The molecule has 0 aliphatic heterocycles. The van der Waals surface area contributed by atoms with E-state index in [9.17, 15) is 4.79 Å². The van der Waals surface area contributed by atoms with Crippen molar-refractivity contribution in [3.63, 3.8) is 0 Å². The number of carbonyl (C=O) groups excluding carboxylic acids is 1. The molecule has 0 unspecified atom stereocenters. The third kappa shape index (κ3) is 4.04. The van der Waals surface area contributed by atoms with E-state index in [4.69, 9.17) is 0 Å². The summed E-state index contributed by atoms with van der Waals surface area (Å²) in [5, 5.41) is 0. The first-order chi connectivity index (χ1) is 9.54. The molecule has 0 atom stereocenters. The quantitative estimate of drug-likeness (QED) is 0.771. The lowest BCUT2D eigenvalue weighted by Crippen LogP contribution is -2.25. The molecule has 2 nitrogen and oxygen atoms in total. The predicted molar refractivity (Wildman–Crippen MR) is 83.0 cm³/mol. The van der Waals surface area contributed by atoms with Crippen molar-refractivity contribution in [3.8, 4) is 0 Å². The van der Waals surface area contributed by atoms with Crippen molar-refractivity contribution in [2.24, 2.45) is 0 Å². The average molecular weight is 267 g/mol. The molecule has 2 heteroatoms. The molecule has 0 amide bonds. The van der Waals surface area contributed by atoms with Gasteiger partial charge in [0.15, 0.2) is 5.78 Å². The smallest absolute Gasteiger partial charge is 0.176 e. The summed E-state index contributed by atoms with van der Waals surface area (Å²) in [6.45, 7) is 5.32. The van der Waals surface area contributed by atoms with E-state index < -0.39 is 0 Å². The van der Waals surface area contributed by atoms with E-state index in [1.54, 1.807) is 0 Å². The van der Waals surface area contributed by atoms with Gasteiger partial charge in [-0.2, -0.15) is 0 Å². The molecule has 0 aromatic heterocycles. The number of aryl methyl sites for hydroxylation is 2. The topological polar surface area (TPSA) is 20.3 Å². The Balaban J connectivity index is 1.95. The molecule has 0 aliphatic rings. The van der Waals surface area contributed by atoms with Crippen LogP contribution in [0, 0.1) is 13.8 Å².